The number of rotatable bonds is 5. The first-order valence-corrected chi connectivity index (χ1v) is 12.9. The lowest BCUT2D eigenvalue weighted by atomic mass is 9.97. The van der Waals surface area contributed by atoms with Crippen molar-refractivity contribution in [2.45, 2.75) is 43.5 Å². The first-order chi connectivity index (χ1) is 14.7. The quantitative estimate of drug-likeness (QED) is 0.579. The number of nitrogens with one attached hydrogen (secondary N) is 1. The Balaban J connectivity index is 1.49. The average molecular weight is 478 g/mol. The number of hydrogen-bond acceptors (Lipinski definition) is 5. The molecule has 0 radical (unpaired) electrons. The van der Waals surface area contributed by atoms with E-state index in [2.05, 4.69) is 10.8 Å². The third kappa shape index (κ3) is 4.77. The van der Waals surface area contributed by atoms with Crippen LogP contribution in [0.4, 0.5) is 0 Å². The first kappa shape index (κ1) is 22.2. The van der Waals surface area contributed by atoms with Gasteiger partial charge in [0.2, 0.25) is 10.0 Å². The van der Waals surface area contributed by atoms with Crippen LogP contribution >= 0.6 is 22.9 Å². The topological polar surface area (TPSA) is 79.4 Å². The number of carbonyl (C=O) groups is 1. The van der Waals surface area contributed by atoms with Gasteiger partial charge in [0.05, 0.1) is 30.7 Å². The zero-order valence-corrected chi connectivity index (χ0v) is 19.7. The van der Waals surface area contributed by atoms with Gasteiger partial charge < -0.3 is 4.90 Å². The van der Waals surface area contributed by atoms with E-state index in [1.807, 2.05) is 18.2 Å². The van der Waals surface area contributed by atoms with E-state index in [0.717, 1.165) is 23.4 Å². The second-order valence-electron chi connectivity index (χ2n) is 8.00. The molecule has 6 nitrogen and oxygen atoms in total. The van der Waals surface area contributed by atoms with Gasteiger partial charge in [-0.1, -0.05) is 23.7 Å². The van der Waals surface area contributed by atoms with Crippen molar-refractivity contribution < 1.29 is 13.2 Å². The van der Waals surface area contributed by atoms with Gasteiger partial charge >= 0.3 is 0 Å². The minimum Gasteiger partial charge on any atom is -0.339 e. The fourth-order valence-corrected chi connectivity index (χ4v) is 6.39. The van der Waals surface area contributed by atoms with Crippen LogP contribution in [0.15, 0.2) is 47.4 Å². The van der Waals surface area contributed by atoms with Crippen LogP contribution in [-0.2, 0) is 10.0 Å². The lowest BCUT2D eigenvalue weighted by Crippen LogP contribution is -2.38. The van der Waals surface area contributed by atoms with Crippen molar-refractivity contribution in [3.8, 4) is 0 Å². The van der Waals surface area contributed by atoms with Crippen molar-refractivity contribution in [1.82, 2.24) is 14.6 Å². The molecule has 3 aromatic rings. The molecule has 0 unspecified atom stereocenters. The number of para-hydroxylation sites is 1. The van der Waals surface area contributed by atoms with Crippen LogP contribution < -0.4 is 4.72 Å². The van der Waals surface area contributed by atoms with Crippen molar-refractivity contribution in [3.05, 3.63) is 58.1 Å². The molecule has 2 aromatic carbocycles. The molecule has 0 bridgehead atoms. The molecule has 164 valence electrons. The van der Waals surface area contributed by atoms with E-state index in [0.29, 0.717) is 19.0 Å². The maximum atomic E-state index is 13.1. The fourth-order valence-electron chi connectivity index (χ4n) is 3.78. The highest BCUT2D eigenvalue weighted by atomic mass is 35.5. The van der Waals surface area contributed by atoms with E-state index in [1.54, 1.807) is 30.1 Å². The number of hydrogen-bond donors (Lipinski definition) is 1. The maximum Gasteiger partial charge on any atom is 0.255 e. The van der Waals surface area contributed by atoms with E-state index >= 15 is 0 Å². The number of nitrogens with zero attached hydrogens (tertiary/aromatic N) is 2. The zero-order chi connectivity index (χ0) is 22.2. The number of thiazole rings is 1. The number of piperidine rings is 1. The highest BCUT2D eigenvalue weighted by Crippen LogP contribution is 2.34. The first-order valence-electron chi connectivity index (χ1n) is 10.2. The predicted molar refractivity (Wildman–Crippen MR) is 124 cm³/mol. The Morgan fingerprint density at radius 2 is 1.90 bits per heavy atom. The maximum absolute atomic E-state index is 13.1. The van der Waals surface area contributed by atoms with E-state index < -0.39 is 10.0 Å². The van der Waals surface area contributed by atoms with E-state index in [4.69, 9.17) is 16.6 Å². The summed E-state index contributed by atoms with van der Waals surface area (Å²) in [6, 6.07) is 12.1. The van der Waals surface area contributed by atoms with Gasteiger partial charge in [0.1, 0.15) is 0 Å². The van der Waals surface area contributed by atoms with Crippen LogP contribution in [0.1, 0.15) is 48.0 Å². The van der Waals surface area contributed by atoms with E-state index in [1.165, 1.54) is 22.9 Å². The van der Waals surface area contributed by atoms with Gasteiger partial charge in [-0.05, 0) is 57.0 Å². The van der Waals surface area contributed by atoms with Crippen molar-refractivity contribution in [2.24, 2.45) is 0 Å². The number of aromatic nitrogens is 1. The summed E-state index contributed by atoms with van der Waals surface area (Å²) in [6.07, 6.45) is 1.63. The molecule has 1 fully saturated rings. The zero-order valence-electron chi connectivity index (χ0n) is 17.3. The van der Waals surface area contributed by atoms with Crippen LogP contribution in [0.3, 0.4) is 0 Å². The summed E-state index contributed by atoms with van der Waals surface area (Å²) in [7, 11) is -3.71. The normalized spacial score (nSPS) is 15.7. The molecular formula is C22H24ClN3O3S2. The second kappa shape index (κ2) is 8.86. The Hall–Kier alpha value is -2.00. The van der Waals surface area contributed by atoms with Crippen LogP contribution in [-0.4, -0.2) is 43.3 Å². The second-order valence-corrected chi connectivity index (χ2v) is 11.2. The van der Waals surface area contributed by atoms with Crippen molar-refractivity contribution in [3.63, 3.8) is 0 Å². The highest BCUT2D eigenvalue weighted by Gasteiger charge is 2.28. The minimum absolute atomic E-state index is 0.0401. The molecule has 0 saturated carbocycles. The SMILES string of the molecule is CC(C)NS(=O)(=O)c1ccc(Cl)c(C(=O)N2CCC(c3nc4ccccc4s3)CC2)c1. The van der Waals surface area contributed by atoms with Gasteiger partial charge in [0.25, 0.3) is 5.91 Å². The number of likely N-dealkylation sites (tertiary alicyclic amines) is 1. The molecule has 2 heterocycles. The molecule has 0 aliphatic carbocycles. The molecule has 4 rings (SSSR count). The Morgan fingerprint density at radius 3 is 2.58 bits per heavy atom. The molecular weight excluding hydrogens is 454 g/mol. The molecule has 1 aliphatic rings. The molecule has 1 saturated heterocycles. The van der Waals surface area contributed by atoms with Gasteiger partial charge in [0, 0.05) is 25.0 Å². The van der Waals surface area contributed by atoms with Crippen LogP contribution in [0.5, 0.6) is 0 Å². The van der Waals surface area contributed by atoms with E-state index in [9.17, 15) is 13.2 Å². The Labute approximate surface area is 191 Å². The lowest BCUT2D eigenvalue weighted by molar-refractivity contribution is 0.0713. The molecule has 9 heteroatoms. The van der Waals surface area contributed by atoms with Crippen molar-refractivity contribution in [1.29, 1.82) is 0 Å². The number of halogens is 1. The average Bonchev–Trinajstić information content (AvgIpc) is 3.17. The molecule has 31 heavy (non-hydrogen) atoms. The lowest BCUT2D eigenvalue weighted by Gasteiger charge is -2.31. The summed E-state index contributed by atoms with van der Waals surface area (Å²) in [4.78, 5) is 19.7. The molecule has 1 N–H and O–H groups in total. The summed E-state index contributed by atoms with van der Waals surface area (Å²) in [5.74, 6) is 0.0771. The van der Waals surface area contributed by atoms with Crippen LogP contribution in [0, 0.1) is 0 Å². The minimum atomic E-state index is -3.71. The largest absolute Gasteiger partial charge is 0.339 e. The summed E-state index contributed by atoms with van der Waals surface area (Å²) < 4.78 is 28.7. The van der Waals surface area contributed by atoms with Crippen LogP contribution in [0.25, 0.3) is 10.2 Å². The van der Waals surface area contributed by atoms with Crippen molar-refractivity contribution >= 4 is 49.1 Å². The predicted octanol–water partition coefficient (Wildman–Crippen LogP) is 4.66. The number of sulfonamides is 1. The number of amides is 1. The monoisotopic (exact) mass is 477 g/mol. The molecule has 1 aliphatic heterocycles. The molecule has 1 amide bonds. The number of carbonyl (C=O) groups excluding carboxylic acids is 1. The van der Waals surface area contributed by atoms with Crippen molar-refractivity contribution in [2.75, 3.05) is 13.1 Å². The Kier molecular flexibility index (Phi) is 6.35. The van der Waals surface area contributed by atoms with Crippen LogP contribution in [0.2, 0.25) is 5.02 Å². The van der Waals surface area contributed by atoms with Gasteiger partial charge in [-0.15, -0.1) is 11.3 Å². The van der Waals surface area contributed by atoms with E-state index in [-0.39, 0.29) is 27.4 Å². The third-order valence-electron chi connectivity index (χ3n) is 5.31. The fraction of sp³-hybridized carbons (Fsp3) is 0.364. The summed E-state index contributed by atoms with van der Waals surface area (Å²) in [6.45, 7) is 4.65. The number of benzene rings is 2. The molecule has 1 aromatic heterocycles. The van der Waals surface area contributed by atoms with Gasteiger partial charge in [-0.2, -0.15) is 0 Å². The summed E-state index contributed by atoms with van der Waals surface area (Å²) in [5.41, 5.74) is 1.23. The Bertz CT molecular complexity index is 1180. The third-order valence-corrected chi connectivity index (χ3v) is 8.50. The van der Waals surface area contributed by atoms with Gasteiger partial charge in [-0.3, -0.25) is 4.79 Å². The molecule has 0 spiro atoms. The summed E-state index contributed by atoms with van der Waals surface area (Å²) >= 11 is 7.98. The highest BCUT2D eigenvalue weighted by molar-refractivity contribution is 7.89. The standard InChI is InChI=1S/C22H24ClN3O3S2/c1-14(2)25-31(28,29)16-7-8-18(23)17(13-16)22(27)26-11-9-15(10-12-26)21-24-19-5-3-4-6-20(19)30-21/h3-8,13-15,25H,9-12H2,1-2H3. The van der Waals surface area contributed by atoms with Gasteiger partial charge in [0.15, 0.2) is 0 Å². The summed E-state index contributed by atoms with van der Waals surface area (Å²) in [5, 5.41) is 1.36. The number of fused-ring (bicyclic) bond motifs is 1. The Morgan fingerprint density at radius 1 is 1.19 bits per heavy atom. The molecule has 0 atom stereocenters. The van der Waals surface area contributed by atoms with Gasteiger partial charge in [-0.25, -0.2) is 18.1 Å². The smallest absolute Gasteiger partial charge is 0.255 e.